The molecule has 3 nitrogen and oxygen atoms in total. The molecule has 1 saturated heterocycles. The van der Waals surface area contributed by atoms with Crippen molar-refractivity contribution in [1.82, 2.24) is 4.90 Å². The molecule has 0 aromatic heterocycles. The zero-order chi connectivity index (χ0) is 14.8. The fourth-order valence-electron chi connectivity index (χ4n) is 2.33. The van der Waals surface area contributed by atoms with Gasteiger partial charge in [0.25, 0.3) is 5.92 Å². The van der Waals surface area contributed by atoms with E-state index in [0.29, 0.717) is 31.1 Å². The topological polar surface area (TPSA) is 38.5 Å². The molecule has 0 bridgehead atoms. The summed E-state index contributed by atoms with van der Waals surface area (Å²) in [5, 5.41) is 0. The Kier molecular flexibility index (Phi) is 4.48. The second-order valence-corrected chi connectivity index (χ2v) is 5.67. The molecular weight excluding hydrogens is 262 g/mol. The number of nitrogen functional groups attached to an aromatic ring is 1. The van der Waals surface area contributed by atoms with Gasteiger partial charge in [-0.05, 0) is 31.5 Å². The number of ether oxygens (including phenoxy) is 1. The summed E-state index contributed by atoms with van der Waals surface area (Å²) in [6, 6.07) is 5.64. The van der Waals surface area contributed by atoms with Gasteiger partial charge >= 0.3 is 0 Å². The number of hydrogen-bond donors (Lipinski definition) is 1. The summed E-state index contributed by atoms with van der Waals surface area (Å²) in [7, 11) is 0. The molecule has 0 saturated carbocycles. The van der Waals surface area contributed by atoms with Crippen molar-refractivity contribution >= 4 is 5.69 Å². The van der Waals surface area contributed by atoms with Crippen molar-refractivity contribution in [2.45, 2.75) is 45.3 Å². The van der Waals surface area contributed by atoms with Crippen molar-refractivity contribution < 1.29 is 13.5 Å². The molecule has 112 valence electrons. The minimum Gasteiger partial charge on any atom is -0.489 e. The van der Waals surface area contributed by atoms with E-state index in [-0.39, 0.29) is 18.9 Å². The summed E-state index contributed by atoms with van der Waals surface area (Å²) in [6.07, 6.45) is -0.0597. The van der Waals surface area contributed by atoms with E-state index in [9.17, 15) is 8.78 Å². The average Bonchev–Trinajstić information content (AvgIpc) is 2.35. The van der Waals surface area contributed by atoms with Crippen molar-refractivity contribution in [3.63, 3.8) is 0 Å². The molecular formula is C15H22F2N2O. The summed E-state index contributed by atoms with van der Waals surface area (Å²) in [6.45, 7) is 5.40. The van der Waals surface area contributed by atoms with Crippen molar-refractivity contribution in [1.29, 1.82) is 0 Å². The molecule has 0 spiro atoms. The zero-order valence-corrected chi connectivity index (χ0v) is 12.0. The number of benzene rings is 1. The number of nitrogens with zero attached hydrogens (tertiary/aromatic N) is 1. The van der Waals surface area contributed by atoms with Gasteiger partial charge in [-0.2, -0.15) is 0 Å². The fourth-order valence-corrected chi connectivity index (χ4v) is 2.33. The van der Waals surface area contributed by atoms with Crippen LogP contribution in [0.4, 0.5) is 14.5 Å². The Hall–Kier alpha value is -1.36. The van der Waals surface area contributed by atoms with Crippen molar-refractivity contribution in [3.05, 3.63) is 23.8 Å². The highest BCUT2D eigenvalue weighted by Gasteiger charge is 2.33. The second-order valence-electron chi connectivity index (χ2n) is 5.67. The Balaban J connectivity index is 1.99. The van der Waals surface area contributed by atoms with Gasteiger partial charge in [-0.3, -0.25) is 4.90 Å². The van der Waals surface area contributed by atoms with E-state index in [1.165, 1.54) is 0 Å². The highest BCUT2D eigenvalue weighted by atomic mass is 19.3. The SMILES string of the molecule is CC(C)Oc1cc(CN2CCC(F)(F)CC2)ccc1N. The van der Waals surface area contributed by atoms with Crippen LogP contribution in [0, 0.1) is 0 Å². The first kappa shape index (κ1) is 15.0. The number of alkyl halides is 2. The van der Waals surface area contributed by atoms with Crippen LogP contribution in [-0.4, -0.2) is 30.0 Å². The van der Waals surface area contributed by atoms with E-state index in [2.05, 4.69) is 0 Å². The Labute approximate surface area is 118 Å². The number of anilines is 1. The lowest BCUT2D eigenvalue weighted by molar-refractivity contribution is -0.0566. The Morgan fingerprint density at radius 1 is 1.30 bits per heavy atom. The molecule has 0 amide bonds. The maximum absolute atomic E-state index is 13.1. The second kappa shape index (κ2) is 5.95. The lowest BCUT2D eigenvalue weighted by Crippen LogP contribution is -2.38. The number of piperidine rings is 1. The van der Waals surface area contributed by atoms with Crippen LogP contribution in [0.1, 0.15) is 32.3 Å². The van der Waals surface area contributed by atoms with Crippen molar-refractivity contribution in [2.24, 2.45) is 0 Å². The standard InChI is InChI=1S/C15H22F2N2O/c1-11(2)20-14-9-12(3-4-13(14)18)10-19-7-5-15(16,17)6-8-19/h3-4,9,11H,5-8,10,18H2,1-2H3. The molecule has 5 heteroatoms. The van der Waals surface area contributed by atoms with Gasteiger partial charge in [0, 0.05) is 32.5 Å². The van der Waals surface area contributed by atoms with Gasteiger partial charge in [0.05, 0.1) is 11.8 Å². The van der Waals surface area contributed by atoms with E-state index in [4.69, 9.17) is 10.5 Å². The maximum atomic E-state index is 13.1. The van der Waals surface area contributed by atoms with E-state index < -0.39 is 5.92 Å². The molecule has 2 rings (SSSR count). The number of halogens is 2. The quantitative estimate of drug-likeness (QED) is 0.862. The van der Waals surface area contributed by atoms with Gasteiger partial charge in [0.1, 0.15) is 5.75 Å². The van der Waals surface area contributed by atoms with E-state index in [1.54, 1.807) is 0 Å². The molecule has 0 unspecified atom stereocenters. The minimum absolute atomic E-state index is 0.0567. The summed E-state index contributed by atoms with van der Waals surface area (Å²) in [4.78, 5) is 2.04. The molecule has 1 aliphatic rings. The predicted molar refractivity (Wildman–Crippen MR) is 76.1 cm³/mol. The highest BCUT2D eigenvalue weighted by Crippen LogP contribution is 2.29. The first-order valence-electron chi connectivity index (χ1n) is 7.01. The number of hydrogen-bond acceptors (Lipinski definition) is 3. The zero-order valence-electron chi connectivity index (χ0n) is 12.0. The molecule has 1 aliphatic heterocycles. The summed E-state index contributed by atoms with van der Waals surface area (Å²) < 4.78 is 31.9. The van der Waals surface area contributed by atoms with E-state index in [1.807, 2.05) is 36.9 Å². The first-order chi connectivity index (χ1) is 9.35. The number of rotatable bonds is 4. The third kappa shape index (κ3) is 4.07. The highest BCUT2D eigenvalue weighted by molar-refractivity contribution is 5.54. The molecule has 0 atom stereocenters. The van der Waals surface area contributed by atoms with Crippen molar-refractivity contribution in [2.75, 3.05) is 18.8 Å². The Morgan fingerprint density at radius 3 is 2.55 bits per heavy atom. The average molecular weight is 284 g/mol. The fraction of sp³-hybridized carbons (Fsp3) is 0.600. The number of likely N-dealkylation sites (tertiary alicyclic amines) is 1. The van der Waals surface area contributed by atoms with E-state index in [0.717, 1.165) is 5.56 Å². The van der Waals surface area contributed by atoms with Crippen LogP contribution in [0.3, 0.4) is 0 Å². The van der Waals surface area contributed by atoms with Crippen LogP contribution < -0.4 is 10.5 Å². The van der Waals surface area contributed by atoms with Gasteiger partial charge in [-0.25, -0.2) is 8.78 Å². The normalized spacial score (nSPS) is 19.2. The maximum Gasteiger partial charge on any atom is 0.250 e. The third-order valence-electron chi connectivity index (χ3n) is 3.43. The van der Waals surface area contributed by atoms with Crippen LogP contribution in [0.25, 0.3) is 0 Å². The minimum atomic E-state index is -2.50. The molecule has 0 radical (unpaired) electrons. The Morgan fingerprint density at radius 2 is 1.95 bits per heavy atom. The van der Waals surface area contributed by atoms with Crippen LogP contribution >= 0.6 is 0 Å². The summed E-state index contributed by atoms with van der Waals surface area (Å²) in [5.41, 5.74) is 7.51. The molecule has 2 N–H and O–H groups in total. The van der Waals surface area contributed by atoms with Gasteiger partial charge < -0.3 is 10.5 Å². The smallest absolute Gasteiger partial charge is 0.250 e. The number of nitrogens with two attached hydrogens (primary N) is 1. The Bertz CT molecular complexity index is 453. The monoisotopic (exact) mass is 284 g/mol. The van der Waals surface area contributed by atoms with Crippen LogP contribution in [-0.2, 0) is 6.54 Å². The van der Waals surface area contributed by atoms with Gasteiger partial charge in [0.15, 0.2) is 0 Å². The van der Waals surface area contributed by atoms with Gasteiger partial charge in [-0.1, -0.05) is 6.07 Å². The van der Waals surface area contributed by atoms with Gasteiger partial charge in [0.2, 0.25) is 0 Å². The van der Waals surface area contributed by atoms with Gasteiger partial charge in [-0.15, -0.1) is 0 Å². The lowest BCUT2D eigenvalue weighted by Gasteiger charge is -2.31. The molecule has 0 aliphatic carbocycles. The van der Waals surface area contributed by atoms with Crippen LogP contribution in [0.15, 0.2) is 18.2 Å². The van der Waals surface area contributed by atoms with Crippen LogP contribution in [0.2, 0.25) is 0 Å². The summed E-state index contributed by atoms with van der Waals surface area (Å²) >= 11 is 0. The van der Waals surface area contributed by atoms with E-state index >= 15 is 0 Å². The molecule has 1 aromatic carbocycles. The summed E-state index contributed by atoms with van der Waals surface area (Å²) in [5.74, 6) is -1.83. The lowest BCUT2D eigenvalue weighted by atomic mass is 10.1. The molecule has 1 aromatic rings. The first-order valence-corrected chi connectivity index (χ1v) is 7.01. The van der Waals surface area contributed by atoms with Crippen molar-refractivity contribution in [3.8, 4) is 5.75 Å². The predicted octanol–water partition coefficient (Wildman–Crippen LogP) is 3.29. The molecule has 20 heavy (non-hydrogen) atoms. The van der Waals surface area contributed by atoms with Crippen LogP contribution in [0.5, 0.6) is 5.75 Å². The molecule has 1 heterocycles. The largest absolute Gasteiger partial charge is 0.489 e. The molecule has 1 fully saturated rings. The third-order valence-corrected chi connectivity index (χ3v) is 3.43.